The molecule has 4 heteroatoms. The lowest BCUT2D eigenvalue weighted by atomic mass is 9.77. The molecule has 0 saturated heterocycles. The monoisotopic (exact) mass is 555 g/mol. The van der Waals surface area contributed by atoms with Gasteiger partial charge in [0, 0.05) is 26.8 Å². The number of benzene rings is 4. The Hall–Kier alpha value is -2.90. The first-order valence-corrected chi connectivity index (χ1v) is 15.4. The number of hydrogen-bond acceptors (Lipinski definition) is 3. The molecule has 3 nitrogen and oxygen atoms in total. The van der Waals surface area contributed by atoms with Gasteiger partial charge in [0.2, 0.25) is 11.5 Å². The van der Waals surface area contributed by atoms with Crippen LogP contribution in [0.1, 0.15) is 105 Å². The largest absolute Gasteiger partial charge is 0.805 e. The molecule has 0 bridgehead atoms. The van der Waals surface area contributed by atoms with Gasteiger partial charge in [0.15, 0.2) is 0 Å². The molecule has 1 heterocycles. The van der Waals surface area contributed by atoms with Crippen molar-refractivity contribution in [3.63, 3.8) is 0 Å². The minimum atomic E-state index is -2.43. The van der Waals surface area contributed by atoms with E-state index < -0.39 is 8.25 Å². The molecule has 5 rings (SSSR count). The zero-order chi connectivity index (χ0) is 29.6. The van der Waals surface area contributed by atoms with E-state index in [1.807, 2.05) is 0 Å². The van der Waals surface area contributed by atoms with Crippen molar-refractivity contribution in [3.8, 4) is 22.6 Å². The molecule has 1 aliphatic heterocycles. The highest BCUT2D eigenvalue weighted by Gasteiger charge is 2.41. The lowest BCUT2D eigenvalue weighted by Gasteiger charge is -2.27. The van der Waals surface area contributed by atoms with Gasteiger partial charge in [-0.3, -0.25) is 0 Å². The minimum Gasteiger partial charge on any atom is -0.221 e. The summed E-state index contributed by atoms with van der Waals surface area (Å²) in [5, 5.41) is 4.48. The molecule has 4 aromatic carbocycles. The molecule has 4 aromatic rings. The summed E-state index contributed by atoms with van der Waals surface area (Å²) < 4.78 is 26.1. The molecular formula is C36H44O3P+. The second-order valence-corrected chi connectivity index (χ2v) is 16.3. The van der Waals surface area contributed by atoms with Gasteiger partial charge in [-0.25, -0.2) is 9.05 Å². The van der Waals surface area contributed by atoms with E-state index in [1.165, 1.54) is 11.1 Å². The summed E-state index contributed by atoms with van der Waals surface area (Å²) in [4.78, 5) is 0. The summed E-state index contributed by atoms with van der Waals surface area (Å²) in [6.45, 7) is 26.6. The molecule has 1 aliphatic rings. The fourth-order valence-corrected chi connectivity index (χ4v) is 6.39. The van der Waals surface area contributed by atoms with E-state index in [-0.39, 0.29) is 21.7 Å². The highest BCUT2D eigenvalue weighted by atomic mass is 31.1. The van der Waals surface area contributed by atoms with Gasteiger partial charge < -0.3 is 0 Å². The zero-order valence-corrected chi connectivity index (χ0v) is 27.2. The van der Waals surface area contributed by atoms with E-state index in [0.717, 1.165) is 43.8 Å². The highest BCUT2D eigenvalue weighted by Crippen LogP contribution is 2.57. The summed E-state index contributed by atoms with van der Waals surface area (Å²) in [6.07, 6.45) is 0. The van der Waals surface area contributed by atoms with E-state index in [0.29, 0.717) is 11.5 Å². The smallest absolute Gasteiger partial charge is 0.221 e. The van der Waals surface area contributed by atoms with Crippen molar-refractivity contribution in [1.82, 2.24) is 0 Å². The summed E-state index contributed by atoms with van der Waals surface area (Å²) in [6, 6.07) is 17.9. The second kappa shape index (κ2) is 9.05. The van der Waals surface area contributed by atoms with Crippen LogP contribution in [0.2, 0.25) is 0 Å². The highest BCUT2D eigenvalue weighted by molar-refractivity contribution is 7.34. The van der Waals surface area contributed by atoms with Crippen LogP contribution in [0.15, 0.2) is 48.5 Å². The van der Waals surface area contributed by atoms with Crippen LogP contribution in [0.25, 0.3) is 32.7 Å². The first-order chi connectivity index (χ1) is 18.3. The Labute approximate surface area is 241 Å². The van der Waals surface area contributed by atoms with E-state index in [4.69, 9.17) is 9.05 Å². The van der Waals surface area contributed by atoms with Crippen molar-refractivity contribution in [2.24, 2.45) is 0 Å². The first-order valence-electron chi connectivity index (χ1n) is 14.3. The molecule has 210 valence electrons. The second-order valence-electron chi connectivity index (χ2n) is 15.5. The van der Waals surface area contributed by atoms with E-state index in [9.17, 15) is 4.57 Å². The third kappa shape index (κ3) is 4.92. The Morgan fingerprint density at radius 2 is 0.850 bits per heavy atom. The Bertz CT molecular complexity index is 1560. The number of fused-ring (bicyclic) bond motifs is 7. The topological polar surface area (TPSA) is 35.5 Å². The average Bonchev–Trinajstić information content (AvgIpc) is 2.95. The lowest BCUT2D eigenvalue weighted by Crippen LogP contribution is -2.14. The van der Waals surface area contributed by atoms with Gasteiger partial charge in [0.05, 0.1) is 0 Å². The third-order valence-electron chi connectivity index (χ3n) is 8.11. The molecule has 0 saturated carbocycles. The first kappa shape index (κ1) is 28.6. The van der Waals surface area contributed by atoms with Crippen LogP contribution in [-0.2, 0) is 26.2 Å². The van der Waals surface area contributed by atoms with Crippen LogP contribution in [0.3, 0.4) is 0 Å². The molecule has 0 amide bonds. The van der Waals surface area contributed by atoms with Gasteiger partial charge in [0.1, 0.15) is 0 Å². The predicted molar refractivity (Wildman–Crippen MR) is 171 cm³/mol. The van der Waals surface area contributed by atoms with Gasteiger partial charge in [0.25, 0.3) is 0 Å². The van der Waals surface area contributed by atoms with Crippen LogP contribution in [0.5, 0.6) is 11.5 Å². The summed E-state index contributed by atoms with van der Waals surface area (Å²) in [5.41, 5.74) is 6.10. The maximum Gasteiger partial charge on any atom is 0.805 e. The normalized spacial score (nSPS) is 14.4. The minimum absolute atomic E-state index is 0.0131. The number of rotatable bonds is 0. The summed E-state index contributed by atoms with van der Waals surface area (Å²) >= 11 is 0. The van der Waals surface area contributed by atoms with Crippen LogP contribution >= 0.6 is 8.25 Å². The van der Waals surface area contributed by atoms with Crippen molar-refractivity contribution in [2.75, 3.05) is 0 Å². The molecule has 0 aliphatic carbocycles. The molecule has 0 aromatic heterocycles. The predicted octanol–water partition coefficient (Wildman–Crippen LogP) is 11.3. The van der Waals surface area contributed by atoms with Gasteiger partial charge in [-0.1, -0.05) is 119 Å². The molecule has 40 heavy (non-hydrogen) atoms. The Kier molecular flexibility index (Phi) is 6.48. The van der Waals surface area contributed by atoms with Gasteiger partial charge in [-0.05, 0) is 66.5 Å². The van der Waals surface area contributed by atoms with Gasteiger partial charge >= 0.3 is 8.25 Å². The lowest BCUT2D eigenvalue weighted by molar-refractivity contribution is 0.409. The van der Waals surface area contributed by atoms with Gasteiger partial charge in [-0.15, -0.1) is 0 Å². The molecule has 0 spiro atoms. The fraction of sp³-hybridized carbons (Fsp3) is 0.444. The molecule has 0 unspecified atom stereocenters. The maximum atomic E-state index is 13.5. The third-order valence-corrected chi connectivity index (χ3v) is 8.78. The van der Waals surface area contributed by atoms with Crippen molar-refractivity contribution < 1.29 is 13.6 Å². The summed E-state index contributed by atoms with van der Waals surface area (Å²) in [5.74, 6) is 1.33. The maximum absolute atomic E-state index is 13.5. The van der Waals surface area contributed by atoms with Crippen molar-refractivity contribution in [1.29, 1.82) is 0 Å². The van der Waals surface area contributed by atoms with Crippen LogP contribution in [0.4, 0.5) is 0 Å². The van der Waals surface area contributed by atoms with Crippen molar-refractivity contribution in [2.45, 2.75) is 105 Å². The van der Waals surface area contributed by atoms with Crippen LogP contribution in [0, 0.1) is 0 Å². The van der Waals surface area contributed by atoms with Gasteiger partial charge in [-0.2, -0.15) is 0 Å². The van der Waals surface area contributed by atoms with E-state index in [2.05, 4.69) is 132 Å². The molecule has 0 N–H and O–H groups in total. The zero-order valence-electron chi connectivity index (χ0n) is 26.3. The van der Waals surface area contributed by atoms with Crippen LogP contribution < -0.4 is 9.05 Å². The molecule has 0 atom stereocenters. The van der Waals surface area contributed by atoms with Crippen molar-refractivity contribution >= 4 is 29.8 Å². The average molecular weight is 556 g/mol. The standard InChI is InChI=1S/C36H44O3P/c1-33(2,3)23-13-15-25-21(17-23)19-27(35(7,8)9)31-29(25)30-26-16-14-24(34(4,5)6)18-22(26)20-28(36(10,11)12)32(30)39-40(37)38-31/h13-20H,1-12H3/q+1. The Morgan fingerprint density at radius 1 is 0.500 bits per heavy atom. The SMILES string of the molecule is CC(C)(C)c1ccc2c3c(c(C(C)(C)C)cc2c1)O[P+](=O)Oc1c(C(C)(C)C)cc2cc(C(C)(C)C)ccc2c1-3. The fourth-order valence-electron chi connectivity index (χ4n) is 5.68. The molecule has 0 fully saturated rings. The molecule has 0 radical (unpaired) electrons. The molecular weight excluding hydrogens is 511 g/mol. The Balaban J connectivity index is 2.05. The van der Waals surface area contributed by atoms with Crippen molar-refractivity contribution in [3.05, 3.63) is 70.8 Å². The van der Waals surface area contributed by atoms with Crippen LogP contribution in [-0.4, -0.2) is 0 Å². The van der Waals surface area contributed by atoms with E-state index in [1.54, 1.807) is 0 Å². The van der Waals surface area contributed by atoms with E-state index >= 15 is 0 Å². The summed E-state index contributed by atoms with van der Waals surface area (Å²) in [7, 11) is -2.43. The quantitative estimate of drug-likeness (QED) is 0.202. The Morgan fingerprint density at radius 3 is 1.15 bits per heavy atom. The number of hydrogen-bond donors (Lipinski definition) is 0.